The van der Waals surface area contributed by atoms with Crippen molar-refractivity contribution in [1.82, 2.24) is 10.2 Å². The summed E-state index contributed by atoms with van der Waals surface area (Å²) in [5, 5.41) is 2.96. The number of piperazine rings is 1. The van der Waals surface area contributed by atoms with Crippen LogP contribution in [0, 0.1) is 17.8 Å². The first kappa shape index (κ1) is 16.3. The zero-order valence-electron chi connectivity index (χ0n) is 14.1. The van der Waals surface area contributed by atoms with Gasteiger partial charge in [0, 0.05) is 6.04 Å². The maximum Gasteiger partial charge on any atom is 0.246 e. The quantitative estimate of drug-likeness (QED) is 0.866. The number of amides is 2. The number of hydrogen-bond donors (Lipinski definition) is 1. The van der Waals surface area contributed by atoms with Gasteiger partial charge in [-0.2, -0.15) is 0 Å². The van der Waals surface area contributed by atoms with E-state index in [2.05, 4.69) is 26.1 Å². The molecular weight excluding hydrogens is 264 g/mol. The Morgan fingerprint density at radius 1 is 1.19 bits per heavy atom. The van der Waals surface area contributed by atoms with Crippen LogP contribution in [-0.2, 0) is 9.59 Å². The molecule has 4 atom stereocenters. The molecule has 4 nitrogen and oxygen atoms in total. The Hall–Kier alpha value is -1.06. The Balaban J connectivity index is 2.24. The molecule has 1 aliphatic carbocycles. The van der Waals surface area contributed by atoms with Crippen molar-refractivity contribution in [2.24, 2.45) is 17.8 Å². The van der Waals surface area contributed by atoms with Crippen LogP contribution in [0.2, 0.25) is 0 Å². The maximum atomic E-state index is 12.9. The van der Waals surface area contributed by atoms with Gasteiger partial charge >= 0.3 is 0 Å². The summed E-state index contributed by atoms with van der Waals surface area (Å²) in [5.41, 5.74) is 0. The molecule has 1 heterocycles. The molecule has 2 aliphatic rings. The largest absolute Gasteiger partial charge is 0.342 e. The summed E-state index contributed by atoms with van der Waals surface area (Å²) in [7, 11) is 0. The zero-order chi connectivity index (χ0) is 15.7. The van der Waals surface area contributed by atoms with Gasteiger partial charge in [0.1, 0.15) is 12.1 Å². The Labute approximate surface area is 128 Å². The van der Waals surface area contributed by atoms with E-state index in [-0.39, 0.29) is 35.9 Å². The molecular formula is C17H30N2O2. The Morgan fingerprint density at radius 3 is 2.33 bits per heavy atom. The molecule has 1 aliphatic heterocycles. The molecule has 2 amide bonds. The first-order valence-corrected chi connectivity index (χ1v) is 8.43. The van der Waals surface area contributed by atoms with Crippen molar-refractivity contribution >= 4 is 11.8 Å². The Bertz CT molecular complexity index is 406. The fourth-order valence-corrected chi connectivity index (χ4v) is 3.85. The average molecular weight is 294 g/mol. The van der Waals surface area contributed by atoms with E-state index in [0.717, 1.165) is 25.7 Å². The number of hydrogen-bond acceptors (Lipinski definition) is 2. The lowest BCUT2D eigenvalue weighted by Gasteiger charge is -2.44. The number of nitrogens with one attached hydrogen (secondary N) is 1. The fourth-order valence-electron chi connectivity index (χ4n) is 3.85. The third-order valence-corrected chi connectivity index (χ3v) is 4.84. The van der Waals surface area contributed by atoms with Crippen molar-refractivity contribution < 1.29 is 9.59 Å². The molecule has 0 bridgehead atoms. The van der Waals surface area contributed by atoms with Crippen LogP contribution in [0.4, 0.5) is 0 Å². The van der Waals surface area contributed by atoms with Crippen molar-refractivity contribution in [2.45, 2.75) is 78.4 Å². The summed E-state index contributed by atoms with van der Waals surface area (Å²) < 4.78 is 0. The first-order valence-electron chi connectivity index (χ1n) is 8.43. The molecule has 4 heteroatoms. The molecule has 21 heavy (non-hydrogen) atoms. The van der Waals surface area contributed by atoms with Gasteiger partial charge in [-0.25, -0.2) is 0 Å². The standard InChI is InChI=1S/C17H30N2O2/c1-10(2)8-14-17(21)19(13-7-6-12(5)9-13)15(11(3)4)16(20)18-14/h10-15H,6-9H2,1-5H3,(H,18,20). The van der Waals surface area contributed by atoms with Gasteiger partial charge in [-0.15, -0.1) is 0 Å². The number of nitrogens with zero attached hydrogens (tertiary/aromatic N) is 1. The van der Waals surface area contributed by atoms with Crippen LogP contribution in [0.3, 0.4) is 0 Å². The van der Waals surface area contributed by atoms with E-state index in [1.165, 1.54) is 0 Å². The number of carbonyl (C=O) groups excluding carboxylic acids is 2. The maximum absolute atomic E-state index is 12.9. The fraction of sp³-hybridized carbons (Fsp3) is 0.882. The normalized spacial score (nSPS) is 34.0. The lowest BCUT2D eigenvalue weighted by Crippen LogP contribution is -2.67. The molecule has 2 rings (SSSR count). The molecule has 1 saturated carbocycles. The number of carbonyl (C=O) groups is 2. The van der Waals surface area contributed by atoms with E-state index in [0.29, 0.717) is 11.8 Å². The molecule has 1 saturated heterocycles. The van der Waals surface area contributed by atoms with Gasteiger partial charge in [-0.1, -0.05) is 34.6 Å². The van der Waals surface area contributed by atoms with Crippen LogP contribution < -0.4 is 5.32 Å². The van der Waals surface area contributed by atoms with Crippen molar-refractivity contribution in [2.75, 3.05) is 0 Å². The topological polar surface area (TPSA) is 49.4 Å². The van der Waals surface area contributed by atoms with Gasteiger partial charge in [-0.3, -0.25) is 9.59 Å². The lowest BCUT2D eigenvalue weighted by molar-refractivity contribution is -0.154. The second kappa shape index (κ2) is 6.37. The monoisotopic (exact) mass is 294 g/mol. The van der Waals surface area contributed by atoms with Gasteiger partial charge in [0.2, 0.25) is 11.8 Å². The first-order chi connectivity index (χ1) is 9.81. The van der Waals surface area contributed by atoms with Crippen molar-refractivity contribution in [3.63, 3.8) is 0 Å². The van der Waals surface area contributed by atoms with Crippen LogP contribution in [0.1, 0.15) is 60.3 Å². The highest BCUT2D eigenvalue weighted by molar-refractivity contribution is 5.97. The lowest BCUT2D eigenvalue weighted by atomic mass is 9.91. The van der Waals surface area contributed by atoms with Crippen molar-refractivity contribution in [3.8, 4) is 0 Å². The van der Waals surface area contributed by atoms with Crippen LogP contribution in [0.5, 0.6) is 0 Å². The van der Waals surface area contributed by atoms with E-state index in [4.69, 9.17) is 0 Å². The predicted molar refractivity (Wildman–Crippen MR) is 83.7 cm³/mol. The minimum atomic E-state index is -0.330. The van der Waals surface area contributed by atoms with Gasteiger partial charge in [0.15, 0.2) is 0 Å². The second-order valence-corrected chi connectivity index (χ2v) is 7.70. The molecule has 0 aromatic rings. The zero-order valence-corrected chi connectivity index (χ0v) is 14.1. The summed E-state index contributed by atoms with van der Waals surface area (Å²) in [4.78, 5) is 27.4. The van der Waals surface area contributed by atoms with Gasteiger partial charge in [0.05, 0.1) is 0 Å². The van der Waals surface area contributed by atoms with Crippen molar-refractivity contribution in [1.29, 1.82) is 0 Å². The predicted octanol–water partition coefficient (Wildman–Crippen LogP) is 2.57. The molecule has 0 spiro atoms. The summed E-state index contributed by atoms with van der Waals surface area (Å²) >= 11 is 0. The summed E-state index contributed by atoms with van der Waals surface area (Å²) in [6.07, 6.45) is 3.97. The third kappa shape index (κ3) is 3.41. The van der Waals surface area contributed by atoms with E-state index >= 15 is 0 Å². The van der Waals surface area contributed by atoms with Crippen LogP contribution in [-0.4, -0.2) is 34.8 Å². The molecule has 4 unspecified atom stereocenters. The summed E-state index contributed by atoms with van der Waals surface area (Å²) in [5.74, 6) is 1.39. The van der Waals surface area contributed by atoms with E-state index in [1.54, 1.807) is 0 Å². The van der Waals surface area contributed by atoms with Crippen LogP contribution >= 0.6 is 0 Å². The Morgan fingerprint density at radius 2 is 1.86 bits per heavy atom. The minimum absolute atomic E-state index is 0.0369. The molecule has 1 N–H and O–H groups in total. The summed E-state index contributed by atoms with van der Waals surface area (Å²) in [6, 6.07) is -0.375. The van der Waals surface area contributed by atoms with Crippen molar-refractivity contribution in [3.05, 3.63) is 0 Å². The smallest absolute Gasteiger partial charge is 0.246 e. The number of rotatable bonds is 4. The summed E-state index contributed by atoms with van der Waals surface area (Å²) in [6.45, 7) is 10.5. The van der Waals surface area contributed by atoms with Gasteiger partial charge in [0.25, 0.3) is 0 Å². The van der Waals surface area contributed by atoms with Crippen LogP contribution in [0.15, 0.2) is 0 Å². The third-order valence-electron chi connectivity index (χ3n) is 4.84. The highest BCUT2D eigenvalue weighted by Gasteiger charge is 2.46. The minimum Gasteiger partial charge on any atom is -0.342 e. The molecule has 2 fully saturated rings. The molecule has 0 aromatic carbocycles. The van der Waals surface area contributed by atoms with Gasteiger partial charge in [-0.05, 0) is 43.4 Å². The highest BCUT2D eigenvalue weighted by Crippen LogP contribution is 2.33. The van der Waals surface area contributed by atoms with E-state index < -0.39 is 0 Å². The van der Waals surface area contributed by atoms with E-state index in [9.17, 15) is 9.59 Å². The molecule has 0 aromatic heterocycles. The Kier molecular flexibility index (Phi) is 4.95. The second-order valence-electron chi connectivity index (χ2n) is 7.70. The van der Waals surface area contributed by atoms with Gasteiger partial charge < -0.3 is 10.2 Å². The SMILES string of the molecule is CC(C)CC1NC(=O)C(C(C)C)N(C2CCC(C)C2)C1=O. The van der Waals surface area contributed by atoms with E-state index in [1.807, 2.05) is 18.7 Å². The molecule has 120 valence electrons. The van der Waals surface area contributed by atoms with Crippen LogP contribution in [0.25, 0.3) is 0 Å². The average Bonchev–Trinajstić information content (AvgIpc) is 2.78. The molecule has 0 radical (unpaired) electrons. The highest BCUT2D eigenvalue weighted by atomic mass is 16.2.